The van der Waals surface area contributed by atoms with E-state index in [2.05, 4.69) is 5.32 Å². The van der Waals surface area contributed by atoms with Crippen LogP contribution in [0.2, 0.25) is 0 Å². The first-order chi connectivity index (χ1) is 3.47. The first-order valence-electron chi connectivity index (χ1n) is 3.23. The van der Waals surface area contributed by atoms with E-state index >= 15 is 0 Å². The molecule has 1 aliphatic carbocycles. The fourth-order valence-electron chi connectivity index (χ4n) is 1.52. The molecule has 0 radical (unpaired) electrons. The van der Waals surface area contributed by atoms with Gasteiger partial charge < -0.3 is 5.32 Å². The van der Waals surface area contributed by atoms with Crippen molar-refractivity contribution in [1.82, 2.24) is 5.32 Å². The Morgan fingerprint density at radius 3 is 1.88 bits per heavy atom. The van der Waals surface area contributed by atoms with Gasteiger partial charge in [0.05, 0.1) is 0 Å². The van der Waals surface area contributed by atoms with Crippen molar-refractivity contribution in [2.45, 2.75) is 37.8 Å². The third kappa shape index (κ3) is 0.848. The lowest BCUT2D eigenvalue weighted by Crippen LogP contribution is -2.00. The zero-order valence-corrected chi connectivity index (χ0v) is 4.89. The Hall–Kier alpha value is -0.110. The van der Waals surface area contributed by atoms with Gasteiger partial charge >= 0.3 is 0 Å². The van der Waals surface area contributed by atoms with Crippen molar-refractivity contribution in [1.29, 1.82) is 0 Å². The Bertz CT molecular complexity index is 74.6. The minimum absolute atomic E-state index is 0. The second kappa shape index (κ2) is 2.02. The molecule has 2 heteroatoms. The molecule has 2 fully saturated rings. The molecular weight excluding hydrogens is 105 g/mol. The van der Waals surface area contributed by atoms with Crippen LogP contribution >= 0.6 is 0 Å². The smallest absolute Gasteiger partial charge is 0.0224 e. The minimum Gasteiger partial charge on any atom is -0.308 e. The third-order valence-electron chi connectivity index (χ3n) is 2.08. The highest BCUT2D eigenvalue weighted by molar-refractivity contribution is 4.99. The molecule has 0 aromatic rings. The highest BCUT2D eigenvalue weighted by Crippen LogP contribution is 2.28. The number of hydrogen-bond donors (Lipinski definition) is 1. The molecule has 2 atom stereocenters. The third-order valence-corrected chi connectivity index (χ3v) is 2.08. The van der Waals surface area contributed by atoms with Crippen molar-refractivity contribution in [3.63, 3.8) is 0 Å². The number of rotatable bonds is 0. The molecule has 48 valence electrons. The fraction of sp³-hybridized carbons (Fsp3) is 1.00. The van der Waals surface area contributed by atoms with Crippen LogP contribution in [0.3, 0.4) is 0 Å². The van der Waals surface area contributed by atoms with E-state index in [-0.39, 0.29) is 4.70 Å². The predicted molar refractivity (Wildman–Crippen MR) is 31.7 cm³/mol. The maximum atomic E-state index is 3.43. The maximum absolute atomic E-state index is 3.43. The van der Waals surface area contributed by atoms with E-state index in [4.69, 9.17) is 0 Å². The number of halogens is 1. The van der Waals surface area contributed by atoms with Crippen LogP contribution in [0.4, 0.5) is 4.70 Å². The summed E-state index contributed by atoms with van der Waals surface area (Å²) in [6.45, 7) is 0. The molecule has 8 heavy (non-hydrogen) atoms. The molecule has 0 bridgehead atoms. The van der Waals surface area contributed by atoms with Crippen LogP contribution in [-0.2, 0) is 0 Å². The fourth-order valence-corrected chi connectivity index (χ4v) is 1.52. The summed E-state index contributed by atoms with van der Waals surface area (Å²) in [7, 11) is 0. The molecule has 0 aromatic carbocycles. The molecular formula is C6H12FN. The lowest BCUT2D eigenvalue weighted by Gasteiger charge is -2.02. The number of hydrogen-bond acceptors (Lipinski definition) is 1. The SMILES string of the molecule is C1CCC2NC2C1.F. The van der Waals surface area contributed by atoms with Gasteiger partial charge in [-0.2, -0.15) is 0 Å². The van der Waals surface area contributed by atoms with Crippen molar-refractivity contribution in [2.24, 2.45) is 0 Å². The van der Waals surface area contributed by atoms with Crippen LogP contribution < -0.4 is 5.32 Å². The molecule has 2 unspecified atom stereocenters. The first-order valence-corrected chi connectivity index (χ1v) is 3.23. The largest absolute Gasteiger partial charge is 0.308 e. The molecule has 1 saturated carbocycles. The second-order valence-electron chi connectivity index (χ2n) is 2.66. The Morgan fingerprint density at radius 1 is 1.00 bits per heavy atom. The van der Waals surface area contributed by atoms with Crippen LogP contribution in [0.15, 0.2) is 0 Å². The van der Waals surface area contributed by atoms with Crippen LogP contribution in [0, 0.1) is 0 Å². The van der Waals surface area contributed by atoms with Gasteiger partial charge in [0.1, 0.15) is 0 Å². The van der Waals surface area contributed by atoms with Gasteiger partial charge in [-0.15, -0.1) is 0 Å². The monoisotopic (exact) mass is 117 g/mol. The highest BCUT2D eigenvalue weighted by Gasteiger charge is 2.37. The van der Waals surface area contributed by atoms with E-state index in [1.807, 2.05) is 0 Å². The Morgan fingerprint density at radius 2 is 1.50 bits per heavy atom. The highest BCUT2D eigenvalue weighted by atomic mass is 19.0. The van der Waals surface area contributed by atoms with Crippen molar-refractivity contribution in [2.75, 3.05) is 0 Å². The Balaban J connectivity index is 0.000000320. The number of nitrogens with one attached hydrogen (secondary N) is 1. The van der Waals surface area contributed by atoms with Gasteiger partial charge in [0.2, 0.25) is 0 Å². The molecule has 1 N–H and O–H groups in total. The standard InChI is InChI=1S/C6H11N.FH/c1-2-4-6-5(3-1)7-6;/h5-7H,1-4H2;1H. The van der Waals surface area contributed by atoms with E-state index in [0.717, 1.165) is 12.1 Å². The summed E-state index contributed by atoms with van der Waals surface area (Å²) in [5.41, 5.74) is 0. The van der Waals surface area contributed by atoms with E-state index in [1.165, 1.54) is 25.7 Å². The zero-order valence-electron chi connectivity index (χ0n) is 4.89. The van der Waals surface area contributed by atoms with E-state index in [1.54, 1.807) is 0 Å². The summed E-state index contributed by atoms with van der Waals surface area (Å²) in [6, 6.07) is 1.91. The Labute approximate surface area is 48.8 Å². The molecule has 0 spiro atoms. The van der Waals surface area contributed by atoms with Gasteiger partial charge in [-0.1, -0.05) is 12.8 Å². The molecule has 1 saturated heterocycles. The lowest BCUT2D eigenvalue weighted by atomic mass is 10.0. The predicted octanol–water partition coefficient (Wildman–Crippen LogP) is 1.05. The quantitative estimate of drug-likeness (QED) is 0.471. The summed E-state index contributed by atoms with van der Waals surface area (Å²) in [4.78, 5) is 0. The Kier molecular flexibility index (Phi) is 1.52. The second-order valence-corrected chi connectivity index (χ2v) is 2.66. The average Bonchev–Trinajstić information content (AvgIpc) is 2.41. The van der Waals surface area contributed by atoms with Gasteiger partial charge in [0, 0.05) is 12.1 Å². The lowest BCUT2D eigenvalue weighted by molar-refractivity contribution is 0.571. The summed E-state index contributed by atoms with van der Waals surface area (Å²) < 4.78 is 0. The van der Waals surface area contributed by atoms with Crippen LogP contribution in [0.1, 0.15) is 25.7 Å². The first kappa shape index (κ1) is 6.02. The van der Waals surface area contributed by atoms with Crippen molar-refractivity contribution in [3.05, 3.63) is 0 Å². The molecule has 1 nitrogen and oxygen atoms in total. The van der Waals surface area contributed by atoms with Gasteiger partial charge in [0.25, 0.3) is 0 Å². The summed E-state index contributed by atoms with van der Waals surface area (Å²) >= 11 is 0. The molecule has 0 amide bonds. The summed E-state index contributed by atoms with van der Waals surface area (Å²) in [5.74, 6) is 0. The molecule has 0 aromatic heterocycles. The van der Waals surface area contributed by atoms with E-state index in [0.29, 0.717) is 0 Å². The zero-order chi connectivity index (χ0) is 4.69. The van der Waals surface area contributed by atoms with Crippen molar-refractivity contribution >= 4 is 0 Å². The average molecular weight is 117 g/mol. The number of fused-ring (bicyclic) bond motifs is 1. The minimum atomic E-state index is 0. The normalized spacial score (nSPS) is 42.0. The molecule has 1 heterocycles. The van der Waals surface area contributed by atoms with Crippen LogP contribution in [-0.4, -0.2) is 12.1 Å². The van der Waals surface area contributed by atoms with Crippen molar-refractivity contribution < 1.29 is 4.70 Å². The summed E-state index contributed by atoms with van der Waals surface area (Å²) in [5, 5.41) is 3.43. The van der Waals surface area contributed by atoms with Crippen LogP contribution in [0.25, 0.3) is 0 Å². The topological polar surface area (TPSA) is 21.9 Å². The van der Waals surface area contributed by atoms with Gasteiger partial charge in [-0.05, 0) is 12.8 Å². The van der Waals surface area contributed by atoms with E-state index < -0.39 is 0 Å². The van der Waals surface area contributed by atoms with Gasteiger partial charge in [-0.3, -0.25) is 4.70 Å². The summed E-state index contributed by atoms with van der Waals surface area (Å²) in [6.07, 6.45) is 5.83. The van der Waals surface area contributed by atoms with E-state index in [9.17, 15) is 0 Å². The van der Waals surface area contributed by atoms with Gasteiger partial charge in [0.15, 0.2) is 0 Å². The van der Waals surface area contributed by atoms with Gasteiger partial charge in [-0.25, -0.2) is 0 Å². The maximum Gasteiger partial charge on any atom is 0.0224 e. The molecule has 2 rings (SSSR count). The van der Waals surface area contributed by atoms with Crippen LogP contribution in [0.5, 0.6) is 0 Å². The molecule has 2 aliphatic rings. The van der Waals surface area contributed by atoms with Crippen molar-refractivity contribution in [3.8, 4) is 0 Å². The molecule has 1 aliphatic heterocycles.